The minimum absolute atomic E-state index is 0.312. The van der Waals surface area contributed by atoms with Crippen LogP contribution in [0, 0.1) is 0 Å². The summed E-state index contributed by atoms with van der Waals surface area (Å²) < 4.78 is 9.37. The molecule has 2 aromatic heterocycles. The van der Waals surface area contributed by atoms with Crippen LogP contribution in [0.15, 0.2) is 423 Å². The summed E-state index contributed by atoms with van der Waals surface area (Å²) in [6.45, 7) is 9.80. The Morgan fingerprint density at radius 2 is 0.595 bits per heavy atom. The smallest absolute Gasteiger partial charge is 0.159 e. The zero-order valence-electron chi connectivity index (χ0n) is 70.1. The van der Waals surface area contributed by atoms with Crippen molar-refractivity contribution in [1.82, 2.24) is 4.57 Å². The average Bonchev–Trinajstić information content (AvgIpc) is 1.49. The lowest BCUT2D eigenvalue weighted by atomic mass is 9.69. The SMILES string of the molecule is CC1(C)c2cc(N(c3ccccc3)c3ccc(-c4ccccc4)cc3)ccc2-c2c1ccc1c2-c2ccccc2C12c1ccccc1-c1ccc(-c3ccc4c(c3)C3(c5ccccc5-c5ccccc53)c3ccc5c(c3-4)-c3ccc(-n4c6ccccc6c6cc(N(c7ccc(-c8ccccc8)cc7)c7cccc8c7oc7ccccc78)ccc64)cc3C5(C)C)cc12. The van der Waals surface area contributed by atoms with Gasteiger partial charge in [-0.1, -0.05) is 337 Å². The molecule has 2 heterocycles. The normalized spacial score (nSPS) is 15.2. The number of anilines is 6. The van der Waals surface area contributed by atoms with Gasteiger partial charge in [0.15, 0.2) is 5.58 Å². The second-order valence-electron chi connectivity index (χ2n) is 36.4. The van der Waals surface area contributed by atoms with Crippen molar-refractivity contribution in [2.24, 2.45) is 0 Å². The number of fused-ring (bicyclic) bond motifs is 34. The monoisotopic (exact) mass is 1600 g/mol. The maximum absolute atomic E-state index is 6.86. The van der Waals surface area contributed by atoms with Crippen LogP contribution in [0.2, 0.25) is 0 Å². The first-order valence-electron chi connectivity index (χ1n) is 44.3. The molecule has 0 amide bonds. The van der Waals surface area contributed by atoms with E-state index in [9.17, 15) is 0 Å². The summed E-state index contributed by atoms with van der Waals surface area (Å²) in [5.74, 6) is 0. The zero-order valence-corrected chi connectivity index (χ0v) is 70.1. The highest BCUT2D eigenvalue weighted by molar-refractivity contribution is 6.14. The van der Waals surface area contributed by atoms with Gasteiger partial charge >= 0.3 is 0 Å². The Morgan fingerprint density at radius 1 is 0.214 bits per heavy atom. The second-order valence-corrected chi connectivity index (χ2v) is 36.4. The largest absolute Gasteiger partial charge is 0.454 e. The van der Waals surface area contributed by atoms with Gasteiger partial charge < -0.3 is 18.8 Å². The van der Waals surface area contributed by atoms with E-state index in [1.807, 2.05) is 0 Å². The van der Waals surface area contributed by atoms with Crippen LogP contribution in [0.4, 0.5) is 34.1 Å². The molecule has 0 fully saturated rings. The molecule has 0 saturated carbocycles. The maximum Gasteiger partial charge on any atom is 0.159 e. The molecule has 27 rings (SSSR count). The van der Waals surface area contributed by atoms with Gasteiger partial charge in [0.1, 0.15) is 5.58 Å². The van der Waals surface area contributed by atoms with Crippen molar-refractivity contribution < 1.29 is 4.42 Å². The zero-order chi connectivity index (χ0) is 83.2. The highest BCUT2D eigenvalue weighted by Crippen LogP contribution is 2.70. The van der Waals surface area contributed by atoms with E-state index in [2.05, 4.69) is 461 Å². The molecule has 6 aliphatic carbocycles. The third-order valence-electron chi connectivity index (χ3n) is 29.6. The van der Waals surface area contributed by atoms with Gasteiger partial charge in [-0.05, 0) is 276 Å². The summed E-state index contributed by atoms with van der Waals surface area (Å²) in [5, 5.41) is 4.55. The van der Waals surface area contributed by atoms with Crippen molar-refractivity contribution in [3.8, 4) is 106 Å². The molecule has 1 unspecified atom stereocenters. The van der Waals surface area contributed by atoms with Crippen molar-refractivity contribution in [2.45, 2.75) is 49.4 Å². The predicted octanol–water partition coefficient (Wildman–Crippen LogP) is 31.9. The lowest BCUT2D eigenvalue weighted by Gasteiger charge is -2.32. The molecule has 0 bridgehead atoms. The number of aromatic nitrogens is 1. The van der Waals surface area contributed by atoms with Crippen molar-refractivity contribution in [3.05, 3.63) is 485 Å². The molecular weight excluding hydrogens is 1520 g/mol. The van der Waals surface area contributed by atoms with E-state index in [4.69, 9.17) is 4.42 Å². The van der Waals surface area contributed by atoms with Gasteiger partial charge in [0.25, 0.3) is 0 Å². The van der Waals surface area contributed by atoms with Crippen LogP contribution in [0.5, 0.6) is 0 Å². The summed E-state index contributed by atoms with van der Waals surface area (Å²) in [5.41, 5.74) is 48.6. The topological polar surface area (TPSA) is 24.6 Å². The summed E-state index contributed by atoms with van der Waals surface area (Å²) >= 11 is 0. The predicted molar refractivity (Wildman–Crippen MR) is 521 cm³/mol. The Labute approximate surface area is 732 Å². The molecule has 2 spiro atoms. The molecule has 19 aromatic carbocycles. The molecule has 6 aliphatic rings. The Morgan fingerprint density at radius 3 is 1.20 bits per heavy atom. The number of nitrogens with zero attached hydrogens (tertiary/aromatic N) is 3. The van der Waals surface area contributed by atoms with E-state index < -0.39 is 10.8 Å². The van der Waals surface area contributed by atoms with Crippen LogP contribution >= 0.6 is 0 Å². The first-order valence-corrected chi connectivity index (χ1v) is 44.3. The highest BCUT2D eigenvalue weighted by Gasteiger charge is 2.57. The third kappa shape index (κ3) is 9.46. The molecule has 126 heavy (non-hydrogen) atoms. The van der Waals surface area contributed by atoms with E-state index in [1.54, 1.807) is 0 Å². The summed E-state index contributed by atoms with van der Waals surface area (Å²) in [7, 11) is 0. The van der Waals surface area contributed by atoms with Crippen LogP contribution in [0.1, 0.15) is 94.5 Å². The van der Waals surface area contributed by atoms with Crippen LogP contribution in [-0.2, 0) is 21.7 Å². The van der Waals surface area contributed by atoms with Crippen LogP contribution < -0.4 is 9.80 Å². The third-order valence-corrected chi connectivity index (χ3v) is 29.6. The van der Waals surface area contributed by atoms with Crippen molar-refractivity contribution in [3.63, 3.8) is 0 Å². The quantitative estimate of drug-likeness (QED) is 0.136. The highest BCUT2D eigenvalue weighted by atomic mass is 16.3. The Hall–Kier alpha value is -15.6. The summed E-state index contributed by atoms with van der Waals surface area (Å²) in [6, 6.07) is 158. The van der Waals surface area contributed by atoms with Crippen molar-refractivity contribution in [1.29, 1.82) is 0 Å². The Bertz CT molecular complexity index is 8220. The lowest BCUT2D eigenvalue weighted by Crippen LogP contribution is -2.26. The molecule has 0 radical (unpaired) electrons. The molecular formula is C122H81N3O. The van der Waals surface area contributed by atoms with Gasteiger partial charge in [-0.3, -0.25) is 0 Å². The lowest BCUT2D eigenvalue weighted by molar-refractivity contribution is 0.659. The fourth-order valence-corrected chi connectivity index (χ4v) is 24.1. The number of para-hydroxylation sites is 4. The van der Waals surface area contributed by atoms with Crippen LogP contribution in [0.3, 0.4) is 0 Å². The van der Waals surface area contributed by atoms with Crippen molar-refractivity contribution in [2.75, 3.05) is 9.80 Å². The number of rotatable bonds is 10. The first-order chi connectivity index (χ1) is 62.0. The number of hydrogen-bond donors (Lipinski definition) is 0. The van der Waals surface area contributed by atoms with E-state index in [0.717, 1.165) is 78.3 Å². The van der Waals surface area contributed by atoms with Crippen molar-refractivity contribution >= 4 is 77.9 Å². The molecule has 4 nitrogen and oxygen atoms in total. The fourth-order valence-electron chi connectivity index (χ4n) is 24.1. The van der Waals surface area contributed by atoms with Gasteiger partial charge in [0.05, 0.1) is 27.6 Å². The van der Waals surface area contributed by atoms with Gasteiger partial charge in [0, 0.05) is 66.5 Å². The van der Waals surface area contributed by atoms with Gasteiger partial charge in [-0.2, -0.15) is 0 Å². The summed E-state index contributed by atoms with van der Waals surface area (Å²) in [4.78, 5) is 4.81. The average molecular weight is 1610 g/mol. The number of furan rings is 1. The maximum atomic E-state index is 6.86. The van der Waals surface area contributed by atoms with Gasteiger partial charge in [0.2, 0.25) is 0 Å². The van der Waals surface area contributed by atoms with E-state index in [0.29, 0.717) is 0 Å². The Kier molecular flexibility index (Phi) is 14.6. The van der Waals surface area contributed by atoms with E-state index in [-0.39, 0.29) is 10.8 Å². The van der Waals surface area contributed by atoms with Gasteiger partial charge in [-0.15, -0.1) is 0 Å². The Balaban J connectivity index is 0.600. The minimum atomic E-state index is -0.617. The molecule has 590 valence electrons. The molecule has 1 atom stereocenters. The van der Waals surface area contributed by atoms with Crippen LogP contribution in [0.25, 0.3) is 150 Å². The molecule has 0 aliphatic heterocycles. The van der Waals surface area contributed by atoms with E-state index >= 15 is 0 Å². The molecule has 4 heteroatoms. The van der Waals surface area contributed by atoms with Gasteiger partial charge in [-0.25, -0.2) is 0 Å². The van der Waals surface area contributed by atoms with E-state index in [1.165, 1.54) is 172 Å². The first kappa shape index (κ1) is 71.0. The fraction of sp³-hybridized carbons (Fsp3) is 0.0656. The van der Waals surface area contributed by atoms with Crippen LogP contribution in [-0.4, -0.2) is 4.57 Å². The number of hydrogen-bond acceptors (Lipinski definition) is 3. The number of benzene rings is 19. The molecule has 0 saturated heterocycles. The summed E-state index contributed by atoms with van der Waals surface area (Å²) in [6.07, 6.45) is 0. The second kappa shape index (κ2) is 26.0. The minimum Gasteiger partial charge on any atom is -0.454 e. The molecule has 21 aromatic rings. The standard InChI is InChI=1S/C122H81N3O/c1-119(2)102-64-66-104-116(114(102)94-62-57-84(72-106(94)119)123(80-31-12-7-13-32-80)81-53-47-76(48-54-81)74-27-8-5-9-28-74)93-38-17-23-43-101(93)122(104)100-42-22-16-35-88(100)89-60-51-78(69-108(89)122)79-52-61-96-109(70-79)121(98-40-20-14-33-86(98)87-34-15-21-41-99(87)121)105-67-65-103-115(117(96)105)95-63-58-85(73-107(95)120(103,3)4)125-110-44-24-18-36-90(110)97-71-83(59-68-111(97)125)124(82-55-49-77(50-56-82)75-29-10-6-11-30-75)112-45-26-39-92-91-37-19-25-46-113(91)126-118(92)112/h5-73H,1-4H3. The molecule has 0 N–H and O–H groups in total.